The van der Waals surface area contributed by atoms with E-state index in [1.807, 2.05) is 18.2 Å². The number of anilines is 2. The maximum absolute atomic E-state index is 6.32. The van der Waals surface area contributed by atoms with Gasteiger partial charge in [-0.1, -0.05) is 67.6 Å². The van der Waals surface area contributed by atoms with Gasteiger partial charge in [-0.3, -0.25) is 4.99 Å². The number of hydrogen-bond donors (Lipinski definition) is 2. The standard InChI is InChI=1S/C21H24ClN3/c22-17-10-4-3-9-16(17)15-23-20-21(13-7-1-2-8-14-21)25-19-12-6-5-11-18(19)24-20/h3-6,9-12,25H,1-2,7-8,13-15H2,(H,23,24). The quantitative estimate of drug-likeness (QED) is 0.708. The van der Waals surface area contributed by atoms with E-state index in [0.29, 0.717) is 6.54 Å². The molecular weight excluding hydrogens is 330 g/mol. The van der Waals surface area contributed by atoms with Crippen molar-refractivity contribution in [3.63, 3.8) is 0 Å². The van der Waals surface area contributed by atoms with Crippen molar-refractivity contribution in [1.29, 1.82) is 0 Å². The van der Waals surface area contributed by atoms with Gasteiger partial charge in [0.15, 0.2) is 0 Å². The Morgan fingerprint density at radius 3 is 2.32 bits per heavy atom. The third-order valence-corrected chi connectivity index (χ3v) is 5.70. The Kier molecular flexibility index (Phi) is 4.67. The molecule has 1 heterocycles. The second-order valence-electron chi connectivity index (χ2n) is 7.05. The number of para-hydroxylation sites is 2. The van der Waals surface area contributed by atoms with Gasteiger partial charge in [-0.25, -0.2) is 0 Å². The number of aliphatic imine (C=N–C) groups is 1. The first-order valence-corrected chi connectivity index (χ1v) is 9.57. The van der Waals surface area contributed by atoms with Crippen LogP contribution in [0.4, 0.5) is 11.4 Å². The molecule has 0 unspecified atom stereocenters. The Labute approximate surface area is 154 Å². The molecule has 1 aliphatic carbocycles. The van der Waals surface area contributed by atoms with Gasteiger partial charge in [-0.05, 0) is 36.6 Å². The Balaban J connectivity index is 1.69. The lowest BCUT2D eigenvalue weighted by molar-refractivity contribution is 0.524. The minimum Gasteiger partial charge on any atom is -0.371 e. The topological polar surface area (TPSA) is 36.4 Å². The molecule has 0 amide bonds. The molecule has 2 aliphatic rings. The molecule has 1 aliphatic heterocycles. The summed E-state index contributed by atoms with van der Waals surface area (Å²) in [4.78, 5) is 4.99. The second-order valence-corrected chi connectivity index (χ2v) is 7.46. The van der Waals surface area contributed by atoms with E-state index in [2.05, 4.69) is 41.0 Å². The van der Waals surface area contributed by atoms with Crippen molar-refractivity contribution in [3.8, 4) is 0 Å². The van der Waals surface area contributed by atoms with E-state index in [1.165, 1.54) is 31.4 Å². The van der Waals surface area contributed by atoms with Crippen LogP contribution in [-0.4, -0.2) is 11.4 Å². The van der Waals surface area contributed by atoms with E-state index in [0.717, 1.165) is 35.0 Å². The van der Waals surface area contributed by atoms with E-state index in [1.54, 1.807) is 0 Å². The lowest BCUT2D eigenvalue weighted by atomic mass is 9.86. The number of amidine groups is 1. The van der Waals surface area contributed by atoms with E-state index < -0.39 is 0 Å². The van der Waals surface area contributed by atoms with E-state index in [9.17, 15) is 0 Å². The van der Waals surface area contributed by atoms with Crippen molar-refractivity contribution >= 4 is 28.8 Å². The Morgan fingerprint density at radius 2 is 1.56 bits per heavy atom. The fourth-order valence-electron chi connectivity index (χ4n) is 3.94. The third-order valence-electron chi connectivity index (χ3n) is 5.33. The SMILES string of the molecule is Clc1ccccc1CN=C1Nc2ccccc2NC12CCCCCC2. The van der Waals surface area contributed by atoms with Gasteiger partial charge in [0.05, 0.1) is 23.5 Å². The first kappa shape index (κ1) is 16.5. The van der Waals surface area contributed by atoms with Crippen LogP contribution in [0.15, 0.2) is 53.5 Å². The maximum Gasteiger partial charge on any atom is 0.127 e. The number of nitrogens with one attached hydrogen (secondary N) is 2. The molecule has 2 aromatic carbocycles. The summed E-state index contributed by atoms with van der Waals surface area (Å²) in [6.07, 6.45) is 7.33. The number of halogens is 1. The van der Waals surface area contributed by atoms with Crippen molar-refractivity contribution in [1.82, 2.24) is 0 Å². The minimum absolute atomic E-state index is 0.0773. The fraction of sp³-hybridized carbons (Fsp3) is 0.381. The van der Waals surface area contributed by atoms with Crippen molar-refractivity contribution in [3.05, 3.63) is 59.1 Å². The van der Waals surface area contributed by atoms with E-state index >= 15 is 0 Å². The molecule has 130 valence electrons. The molecule has 3 nitrogen and oxygen atoms in total. The zero-order chi connectivity index (χ0) is 17.1. The molecule has 1 spiro atoms. The monoisotopic (exact) mass is 353 g/mol. The highest BCUT2D eigenvalue weighted by atomic mass is 35.5. The van der Waals surface area contributed by atoms with Crippen molar-refractivity contribution in [2.45, 2.75) is 50.6 Å². The van der Waals surface area contributed by atoms with Crippen LogP contribution in [0.3, 0.4) is 0 Å². The lowest BCUT2D eigenvalue weighted by Crippen LogP contribution is -2.52. The van der Waals surface area contributed by atoms with E-state index in [4.69, 9.17) is 16.6 Å². The predicted molar refractivity (Wildman–Crippen MR) is 107 cm³/mol. The minimum atomic E-state index is -0.0773. The first-order valence-electron chi connectivity index (χ1n) is 9.19. The number of rotatable bonds is 2. The van der Waals surface area contributed by atoms with Gasteiger partial charge >= 0.3 is 0 Å². The summed E-state index contributed by atoms with van der Waals surface area (Å²) < 4.78 is 0. The molecule has 0 bridgehead atoms. The molecule has 1 fully saturated rings. The van der Waals surface area contributed by atoms with Crippen LogP contribution >= 0.6 is 11.6 Å². The summed E-state index contributed by atoms with van der Waals surface area (Å²) in [5.41, 5.74) is 3.28. The van der Waals surface area contributed by atoms with Gasteiger partial charge < -0.3 is 10.6 Å². The molecule has 4 rings (SSSR count). The molecule has 0 aromatic heterocycles. The molecule has 1 saturated carbocycles. The van der Waals surface area contributed by atoms with Crippen LogP contribution < -0.4 is 10.6 Å². The molecule has 0 saturated heterocycles. The highest BCUT2D eigenvalue weighted by Crippen LogP contribution is 2.38. The highest BCUT2D eigenvalue weighted by Gasteiger charge is 2.39. The lowest BCUT2D eigenvalue weighted by Gasteiger charge is -2.41. The molecule has 2 aromatic rings. The summed E-state index contributed by atoms with van der Waals surface area (Å²) in [6, 6.07) is 16.4. The summed E-state index contributed by atoms with van der Waals surface area (Å²) in [5.74, 6) is 1.06. The Morgan fingerprint density at radius 1 is 0.880 bits per heavy atom. The average molecular weight is 354 g/mol. The second kappa shape index (κ2) is 7.09. The smallest absolute Gasteiger partial charge is 0.127 e. The molecule has 25 heavy (non-hydrogen) atoms. The van der Waals surface area contributed by atoms with Crippen molar-refractivity contribution in [2.24, 2.45) is 4.99 Å². The molecular formula is C21H24ClN3. The zero-order valence-corrected chi connectivity index (χ0v) is 15.1. The van der Waals surface area contributed by atoms with Gasteiger partial charge in [0.2, 0.25) is 0 Å². The van der Waals surface area contributed by atoms with Crippen molar-refractivity contribution < 1.29 is 0 Å². The van der Waals surface area contributed by atoms with Crippen LogP contribution in [-0.2, 0) is 6.54 Å². The van der Waals surface area contributed by atoms with Crippen LogP contribution in [0.25, 0.3) is 0 Å². The largest absolute Gasteiger partial charge is 0.371 e. The van der Waals surface area contributed by atoms with Crippen molar-refractivity contribution in [2.75, 3.05) is 10.6 Å². The highest BCUT2D eigenvalue weighted by molar-refractivity contribution is 6.31. The summed E-state index contributed by atoms with van der Waals surface area (Å²) in [5, 5.41) is 8.23. The first-order chi connectivity index (χ1) is 12.3. The maximum atomic E-state index is 6.32. The van der Waals surface area contributed by atoms with Gasteiger partial charge in [-0.2, -0.15) is 0 Å². The Hall–Kier alpha value is -2.00. The molecule has 0 radical (unpaired) electrons. The average Bonchev–Trinajstić information content (AvgIpc) is 2.87. The van der Waals surface area contributed by atoms with E-state index in [-0.39, 0.29) is 5.54 Å². The third kappa shape index (κ3) is 3.38. The summed E-state index contributed by atoms with van der Waals surface area (Å²) in [6.45, 7) is 0.605. The number of hydrogen-bond acceptors (Lipinski definition) is 2. The van der Waals surface area contributed by atoms with Crippen LogP contribution in [0, 0.1) is 0 Å². The van der Waals surface area contributed by atoms with Crippen LogP contribution in [0.1, 0.15) is 44.1 Å². The van der Waals surface area contributed by atoms with Gasteiger partial charge in [-0.15, -0.1) is 0 Å². The molecule has 0 atom stereocenters. The molecule has 2 N–H and O–H groups in total. The normalized spacial score (nSPS) is 20.4. The zero-order valence-electron chi connectivity index (χ0n) is 14.4. The number of fused-ring (bicyclic) bond motifs is 1. The van der Waals surface area contributed by atoms with Crippen LogP contribution in [0.5, 0.6) is 0 Å². The number of benzene rings is 2. The predicted octanol–water partition coefficient (Wildman–Crippen LogP) is 5.87. The van der Waals surface area contributed by atoms with Gasteiger partial charge in [0.25, 0.3) is 0 Å². The summed E-state index contributed by atoms with van der Waals surface area (Å²) in [7, 11) is 0. The van der Waals surface area contributed by atoms with Crippen LogP contribution in [0.2, 0.25) is 5.02 Å². The summed E-state index contributed by atoms with van der Waals surface area (Å²) >= 11 is 6.32. The molecule has 4 heteroatoms. The van der Waals surface area contributed by atoms with Gasteiger partial charge in [0.1, 0.15) is 5.84 Å². The Bertz CT molecular complexity index is 776. The fourth-order valence-corrected chi connectivity index (χ4v) is 4.14. The number of nitrogens with zero attached hydrogens (tertiary/aromatic N) is 1. The van der Waals surface area contributed by atoms with Gasteiger partial charge in [0, 0.05) is 5.02 Å².